The van der Waals surface area contributed by atoms with Crippen LogP contribution in [-0.2, 0) is 4.74 Å². The summed E-state index contributed by atoms with van der Waals surface area (Å²) in [6, 6.07) is 0. The summed E-state index contributed by atoms with van der Waals surface area (Å²) in [5.74, 6) is 0.933. The molecule has 1 saturated heterocycles. The average molecular weight is 226 g/mol. The molecule has 0 saturated carbocycles. The Bertz CT molecular complexity index is 142. The molecule has 1 unspecified atom stereocenters. The lowest BCUT2D eigenvalue weighted by molar-refractivity contribution is -0.000339. The summed E-state index contributed by atoms with van der Waals surface area (Å²) in [5, 5.41) is 0. The first-order valence-corrected chi connectivity index (χ1v) is 7.48. The van der Waals surface area contributed by atoms with Gasteiger partial charge in [0.25, 0.3) is 0 Å². The van der Waals surface area contributed by atoms with Crippen LogP contribution >= 0.6 is 0 Å². The Morgan fingerprint density at radius 2 is 1.75 bits per heavy atom. The lowest BCUT2D eigenvalue weighted by Crippen LogP contribution is -2.22. The van der Waals surface area contributed by atoms with E-state index in [2.05, 4.69) is 13.8 Å². The molecule has 1 heterocycles. The van der Waals surface area contributed by atoms with Crippen LogP contribution in [0.1, 0.15) is 78.1 Å². The third-order valence-electron chi connectivity index (χ3n) is 3.80. The lowest BCUT2D eigenvalue weighted by atomic mass is 9.89. The van der Waals surface area contributed by atoms with E-state index in [-0.39, 0.29) is 0 Å². The molecule has 1 rings (SSSR count). The molecule has 0 N–H and O–H groups in total. The Kier molecular flexibility index (Phi) is 7.92. The molecule has 0 aromatic carbocycles. The summed E-state index contributed by atoms with van der Waals surface area (Å²) in [7, 11) is 0. The molecule has 0 aromatic heterocycles. The predicted molar refractivity (Wildman–Crippen MR) is 70.7 cm³/mol. The summed E-state index contributed by atoms with van der Waals surface area (Å²) >= 11 is 0. The maximum Gasteiger partial charge on any atom is 0.0577 e. The van der Waals surface area contributed by atoms with Crippen molar-refractivity contribution in [2.24, 2.45) is 5.92 Å². The van der Waals surface area contributed by atoms with Crippen LogP contribution < -0.4 is 0 Å². The van der Waals surface area contributed by atoms with E-state index in [1.807, 2.05) is 0 Å². The van der Waals surface area contributed by atoms with E-state index in [1.54, 1.807) is 0 Å². The molecule has 96 valence electrons. The molecule has 0 radical (unpaired) electrons. The minimum Gasteiger partial charge on any atom is -0.378 e. The first kappa shape index (κ1) is 14.0. The Morgan fingerprint density at radius 3 is 2.25 bits per heavy atom. The van der Waals surface area contributed by atoms with Gasteiger partial charge in [-0.15, -0.1) is 0 Å². The van der Waals surface area contributed by atoms with E-state index in [0.29, 0.717) is 6.10 Å². The minimum atomic E-state index is 0.590. The average Bonchev–Trinajstić information content (AvgIpc) is 2.34. The molecule has 1 fully saturated rings. The zero-order valence-corrected chi connectivity index (χ0v) is 11.3. The van der Waals surface area contributed by atoms with Crippen LogP contribution in [0.4, 0.5) is 0 Å². The second kappa shape index (κ2) is 9.04. The molecule has 16 heavy (non-hydrogen) atoms. The van der Waals surface area contributed by atoms with Gasteiger partial charge in [-0.05, 0) is 31.6 Å². The fourth-order valence-electron chi connectivity index (χ4n) is 2.73. The van der Waals surface area contributed by atoms with Crippen molar-refractivity contribution < 1.29 is 4.74 Å². The molecule has 0 bridgehead atoms. The van der Waals surface area contributed by atoms with Crippen molar-refractivity contribution in [1.82, 2.24) is 0 Å². The summed E-state index contributed by atoms with van der Waals surface area (Å²) < 4.78 is 5.87. The maximum absolute atomic E-state index is 5.87. The van der Waals surface area contributed by atoms with E-state index in [4.69, 9.17) is 4.74 Å². The van der Waals surface area contributed by atoms with E-state index < -0.39 is 0 Å². The maximum atomic E-state index is 5.87. The highest BCUT2D eigenvalue weighted by atomic mass is 16.5. The normalized spacial score (nSPS) is 21.6. The largest absolute Gasteiger partial charge is 0.378 e. The quantitative estimate of drug-likeness (QED) is 0.569. The van der Waals surface area contributed by atoms with Gasteiger partial charge < -0.3 is 4.74 Å². The van der Waals surface area contributed by atoms with Crippen LogP contribution in [0.3, 0.4) is 0 Å². The van der Waals surface area contributed by atoms with Crippen LogP contribution in [0.15, 0.2) is 0 Å². The van der Waals surface area contributed by atoms with Crippen LogP contribution in [0.2, 0.25) is 0 Å². The van der Waals surface area contributed by atoms with Gasteiger partial charge in [0.1, 0.15) is 0 Å². The SMILES string of the molecule is CCCCC(CCCC)CC1CCCCO1. The van der Waals surface area contributed by atoms with Crippen molar-refractivity contribution in [3.05, 3.63) is 0 Å². The van der Waals surface area contributed by atoms with Crippen molar-refractivity contribution in [3.63, 3.8) is 0 Å². The summed E-state index contributed by atoms with van der Waals surface area (Å²) in [6.07, 6.45) is 14.3. The van der Waals surface area contributed by atoms with Gasteiger partial charge in [-0.1, -0.05) is 52.4 Å². The summed E-state index contributed by atoms with van der Waals surface area (Å²) in [6.45, 7) is 5.61. The zero-order valence-electron chi connectivity index (χ0n) is 11.3. The molecule has 1 aliphatic rings. The third-order valence-corrected chi connectivity index (χ3v) is 3.80. The summed E-state index contributed by atoms with van der Waals surface area (Å²) in [5.41, 5.74) is 0. The van der Waals surface area contributed by atoms with Gasteiger partial charge in [0.05, 0.1) is 6.10 Å². The van der Waals surface area contributed by atoms with Crippen molar-refractivity contribution in [2.45, 2.75) is 84.2 Å². The van der Waals surface area contributed by atoms with Gasteiger partial charge in [-0.3, -0.25) is 0 Å². The fourth-order valence-corrected chi connectivity index (χ4v) is 2.73. The second-order valence-electron chi connectivity index (χ2n) is 5.37. The van der Waals surface area contributed by atoms with Gasteiger partial charge in [0.2, 0.25) is 0 Å². The predicted octanol–water partition coefficient (Wildman–Crippen LogP) is 4.94. The van der Waals surface area contributed by atoms with Crippen molar-refractivity contribution in [2.75, 3.05) is 6.61 Å². The van der Waals surface area contributed by atoms with E-state index in [9.17, 15) is 0 Å². The summed E-state index contributed by atoms with van der Waals surface area (Å²) in [4.78, 5) is 0. The van der Waals surface area contributed by atoms with Gasteiger partial charge in [-0.2, -0.15) is 0 Å². The number of unbranched alkanes of at least 4 members (excludes halogenated alkanes) is 2. The number of rotatable bonds is 8. The Hall–Kier alpha value is -0.0400. The monoisotopic (exact) mass is 226 g/mol. The Balaban J connectivity index is 2.23. The van der Waals surface area contributed by atoms with Gasteiger partial charge in [0.15, 0.2) is 0 Å². The number of hydrogen-bond acceptors (Lipinski definition) is 1. The standard InChI is InChI=1S/C15H30O/c1-3-5-9-14(10-6-4-2)13-15-11-7-8-12-16-15/h14-15H,3-13H2,1-2H3. The smallest absolute Gasteiger partial charge is 0.0577 e. The molecule has 1 heteroatoms. The molecule has 0 amide bonds. The van der Waals surface area contributed by atoms with Crippen molar-refractivity contribution >= 4 is 0 Å². The van der Waals surface area contributed by atoms with Crippen LogP contribution in [0.25, 0.3) is 0 Å². The fraction of sp³-hybridized carbons (Fsp3) is 1.00. The molecule has 1 nitrogen and oxygen atoms in total. The number of hydrogen-bond donors (Lipinski definition) is 0. The van der Waals surface area contributed by atoms with Gasteiger partial charge in [0, 0.05) is 6.61 Å². The first-order chi connectivity index (χ1) is 7.86. The van der Waals surface area contributed by atoms with Crippen LogP contribution in [0.5, 0.6) is 0 Å². The minimum absolute atomic E-state index is 0.590. The Morgan fingerprint density at radius 1 is 1.06 bits per heavy atom. The van der Waals surface area contributed by atoms with E-state index >= 15 is 0 Å². The highest BCUT2D eigenvalue weighted by Crippen LogP contribution is 2.26. The van der Waals surface area contributed by atoms with E-state index in [1.165, 1.54) is 64.2 Å². The van der Waals surface area contributed by atoms with Crippen LogP contribution in [0, 0.1) is 5.92 Å². The lowest BCUT2D eigenvalue weighted by Gasteiger charge is -2.27. The topological polar surface area (TPSA) is 9.23 Å². The highest BCUT2D eigenvalue weighted by molar-refractivity contribution is 4.70. The molecule has 0 spiro atoms. The molecule has 0 aromatic rings. The third kappa shape index (κ3) is 5.89. The highest BCUT2D eigenvalue weighted by Gasteiger charge is 2.18. The van der Waals surface area contributed by atoms with Crippen LogP contribution in [-0.4, -0.2) is 12.7 Å². The van der Waals surface area contributed by atoms with Gasteiger partial charge >= 0.3 is 0 Å². The molecule has 1 atom stereocenters. The van der Waals surface area contributed by atoms with Crippen molar-refractivity contribution in [3.8, 4) is 0 Å². The second-order valence-corrected chi connectivity index (χ2v) is 5.37. The first-order valence-electron chi connectivity index (χ1n) is 7.48. The van der Waals surface area contributed by atoms with E-state index in [0.717, 1.165) is 12.5 Å². The molecular formula is C15H30O. The Labute approximate surface area is 102 Å². The molecule has 1 aliphatic heterocycles. The zero-order chi connectivity index (χ0) is 11.6. The molecule has 0 aliphatic carbocycles. The van der Waals surface area contributed by atoms with Gasteiger partial charge in [-0.25, -0.2) is 0 Å². The number of ether oxygens (including phenoxy) is 1. The van der Waals surface area contributed by atoms with Crippen molar-refractivity contribution in [1.29, 1.82) is 0 Å². The molecular weight excluding hydrogens is 196 g/mol.